The van der Waals surface area contributed by atoms with Gasteiger partial charge < -0.3 is 5.32 Å². The Morgan fingerprint density at radius 1 is 1.15 bits per heavy atom. The average Bonchev–Trinajstić information content (AvgIpc) is 2.83. The van der Waals surface area contributed by atoms with E-state index < -0.39 is 0 Å². The molecule has 1 fully saturated rings. The number of hydrogen-bond donors (Lipinski definition) is 1. The third-order valence-corrected chi connectivity index (χ3v) is 6.55. The zero-order valence-electron chi connectivity index (χ0n) is 20.9. The number of hydrogen-bond acceptors (Lipinski definition) is 4. The minimum absolute atomic E-state index is 0.457. The summed E-state index contributed by atoms with van der Waals surface area (Å²) in [5.41, 5.74) is 7.52. The molecule has 0 saturated heterocycles. The maximum Gasteiger partial charge on any atom is 0.134 e. The average molecular weight is 443 g/mol. The number of aromatic nitrogens is 1. The Bertz CT molecular complexity index is 1050. The Morgan fingerprint density at radius 3 is 2.58 bits per heavy atom. The zero-order chi connectivity index (χ0) is 23.8. The molecule has 1 saturated carbocycles. The first-order valence-corrected chi connectivity index (χ1v) is 12.0. The fourth-order valence-electron chi connectivity index (χ4n) is 4.41. The van der Waals surface area contributed by atoms with Gasteiger partial charge in [-0.1, -0.05) is 37.8 Å². The van der Waals surface area contributed by atoms with Crippen molar-refractivity contribution in [2.45, 2.75) is 58.9 Å². The van der Waals surface area contributed by atoms with Crippen molar-refractivity contribution in [3.63, 3.8) is 0 Å². The standard InChI is InChI=1S/C29H38N4/c1-7-23(19-30-5)24-9-8-10-25(18-24)28-16-15-27(21(3)17-22(4)31-6)29(33-28)32-26-13-11-20(2)12-14-26/h7-10,15-16,18-20,26H,3,11-14,17H2,1-2,4-6H3,(H,32,33)/b23-7+,30-19-,31-22-. The summed E-state index contributed by atoms with van der Waals surface area (Å²) in [5, 5.41) is 3.78. The summed E-state index contributed by atoms with van der Waals surface area (Å²) >= 11 is 0. The largest absolute Gasteiger partial charge is 0.367 e. The molecular formula is C29H38N4. The summed E-state index contributed by atoms with van der Waals surface area (Å²) in [7, 11) is 3.64. The van der Waals surface area contributed by atoms with Gasteiger partial charge in [-0.05, 0) is 80.4 Å². The molecule has 1 aliphatic carbocycles. The zero-order valence-corrected chi connectivity index (χ0v) is 20.9. The van der Waals surface area contributed by atoms with Gasteiger partial charge in [0.25, 0.3) is 0 Å². The number of benzene rings is 1. The van der Waals surface area contributed by atoms with Gasteiger partial charge in [-0.3, -0.25) is 9.98 Å². The third-order valence-electron chi connectivity index (χ3n) is 6.55. The molecule has 3 rings (SSSR count). The van der Waals surface area contributed by atoms with Crippen LogP contribution in [0.2, 0.25) is 0 Å². The summed E-state index contributed by atoms with van der Waals surface area (Å²) in [6, 6.07) is 13.2. The van der Waals surface area contributed by atoms with Gasteiger partial charge in [-0.2, -0.15) is 0 Å². The summed E-state index contributed by atoms with van der Waals surface area (Å²) in [6.45, 7) is 10.8. The van der Waals surface area contributed by atoms with Crippen LogP contribution in [0.25, 0.3) is 22.4 Å². The Hall–Kier alpha value is -3.01. The molecule has 4 nitrogen and oxygen atoms in total. The van der Waals surface area contributed by atoms with Gasteiger partial charge >= 0.3 is 0 Å². The summed E-state index contributed by atoms with van der Waals surface area (Å²) in [6.07, 6.45) is 9.64. The number of nitrogens with one attached hydrogen (secondary N) is 1. The van der Waals surface area contributed by atoms with Gasteiger partial charge in [0.2, 0.25) is 0 Å². The maximum atomic E-state index is 5.12. The van der Waals surface area contributed by atoms with Crippen LogP contribution >= 0.6 is 0 Å². The molecule has 33 heavy (non-hydrogen) atoms. The molecule has 1 aliphatic rings. The monoisotopic (exact) mass is 442 g/mol. The molecule has 0 unspecified atom stereocenters. The van der Waals surface area contributed by atoms with E-state index in [1.54, 1.807) is 7.05 Å². The van der Waals surface area contributed by atoms with Crippen molar-refractivity contribution in [2.24, 2.45) is 15.9 Å². The van der Waals surface area contributed by atoms with E-state index in [9.17, 15) is 0 Å². The lowest BCUT2D eigenvalue weighted by Gasteiger charge is -2.28. The molecule has 0 atom stereocenters. The van der Waals surface area contributed by atoms with Crippen molar-refractivity contribution in [1.29, 1.82) is 0 Å². The lowest BCUT2D eigenvalue weighted by atomic mass is 9.87. The summed E-state index contributed by atoms with van der Waals surface area (Å²) in [5.74, 6) is 1.75. The number of rotatable bonds is 8. The second kappa shape index (κ2) is 11.7. The van der Waals surface area contributed by atoms with Crippen LogP contribution in [-0.4, -0.2) is 37.0 Å². The molecule has 0 spiro atoms. The maximum absolute atomic E-state index is 5.12. The second-order valence-electron chi connectivity index (χ2n) is 9.15. The lowest BCUT2D eigenvalue weighted by molar-refractivity contribution is 0.361. The van der Waals surface area contributed by atoms with Crippen LogP contribution in [0.1, 0.15) is 64.0 Å². The van der Waals surface area contributed by atoms with Gasteiger partial charge in [0, 0.05) is 49.6 Å². The SMILES string of the molecule is C=C(C/C(C)=N\C)c1ccc(-c2cccc(C(/C=N\C)=C/C)c2)nc1NC1CCC(C)CC1. The Labute approximate surface area is 199 Å². The molecule has 1 N–H and O–H groups in total. The number of aliphatic imine (C=N–C) groups is 2. The van der Waals surface area contributed by atoms with Gasteiger partial charge in [-0.15, -0.1) is 0 Å². The van der Waals surface area contributed by atoms with Gasteiger partial charge in [0.1, 0.15) is 5.82 Å². The fraction of sp³-hybridized carbons (Fsp3) is 0.414. The highest BCUT2D eigenvalue weighted by Crippen LogP contribution is 2.32. The van der Waals surface area contributed by atoms with Crippen molar-refractivity contribution < 1.29 is 0 Å². The molecule has 0 bridgehead atoms. The van der Waals surface area contributed by atoms with Crippen LogP contribution < -0.4 is 5.32 Å². The molecule has 2 aromatic rings. The van der Waals surface area contributed by atoms with Crippen molar-refractivity contribution in [3.05, 3.63) is 60.2 Å². The Balaban J connectivity index is 1.98. The molecule has 4 heteroatoms. The number of anilines is 1. The van der Waals surface area contributed by atoms with E-state index in [0.717, 1.165) is 57.4 Å². The smallest absolute Gasteiger partial charge is 0.134 e. The van der Waals surface area contributed by atoms with E-state index in [4.69, 9.17) is 4.98 Å². The molecular weight excluding hydrogens is 404 g/mol. The number of pyridine rings is 1. The van der Waals surface area contributed by atoms with Crippen molar-refractivity contribution in [1.82, 2.24) is 4.98 Å². The van der Waals surface area contributed by atoms with Gasteiger partial charge in [0.05, 0.1) is 5.69 Å². The predicted octanol–water partition coefficient (Wildman–Crippen LogP) is 7.34. The summed E-state index contributed by atoms with van der Waals surface area (Å²) < 4.78 is 0. The predicted molar refractivity (Wildman–Crippen MR) is 145 cm³/mol. The number of allylic oxidation sites excluding steroid dienone is 3. The van der Waals surface area contributed by atoms with E-state index in [1.165, 1.54) is 25.7 Å². The third kappa shape index (κ3) is 6.50. The minimum Gasteiger partial charge on any atom is -0.367 e. The van der Waals surface area contributed by atoms with Crippen LogP contribution in [-0.2, 0) is 0 Å². The van der Waals surface area contributed by atoms with Crippen molar-refractivity contribution in [3.8, 4) is 11.3 Å². The molecule has 0 radical (unpaired) electrons. The summed E-state index contributed by atoms with van der Waals surface area (Å²) in [4.78, 5) is 13.6. The molecule has 0 aliphatic heterocycles. The first-order valence-electron chi connectivity index (χ1n) is 12.0. The molecule has 1 aromatic carbocycles. The second-order valence-corrected chi connectivity index (χ2v) is 9.15. The van der Waals surface area contributed by atoms with E-state index in [-0.39, 0.29) is 0 Å². The highest BCUT2D eigenvalue weighted by molar-refractivity contribution is 6.09. The van der Waals surface area contributed by atoms with Crippen molar-refractivity contribution >= 4 is 28.9 Å². The molecule has 1 aromatic heterocycles. The molecule has 1 heterocycles. The minimum atomic E-state index is 0.457. The highest BCUT2D eigenvalue weighted by atomic mass is 15.0. The van der Waals surface area contributed by atoms with Crippen LogP contribution in [0.4, 0.5) is 5.82 Å². The topological polar surface area (TPSA) is 49.6 Å². The first-order chi connectivity index (χ1) is 15.9. The van der Waals surface area contributed by atoms with Crippen LogP contribution in [0.15, 0.2) is 59.0 Å². The van der Waals surface area contributed by atoms with Crippen LogP contribution in [0, 0.1) is 5.92 Å². The fourth-order valence-corrected chi connectivity index (χ4v) is 4.41. The van der Waals surface area contributed by atoms with E-state index >= 15 is 0 Å². The van der Waals surface area contributed by atoms with E-state index in [2.05, 4.69) is 71.3 Å². The Morgan fingerprint density at radius 2 is 1.91 bits per heavy atom. The van der Waals surface area contributed by atoms with Gasteiger partial charge in [0.15, 0.2) is 0 Å². The Kier molecular flexibility index (Phi) is 8.76. The van der Waals surface area contributed by atoms with Crippen LogP contribution in [0.5, 0.6) is 0 Å². The van der Waals surface area contributed by atoms with E-state index in [0.29, 0.717) is 6.04 Å². The normalized spacial score (nSPS) is 19.7. The first kappa shape index (κ1) is 24.6. The number of nitrogens with zero attached hydrogens (tertiary/aromatic N) is 3. The quantitative estimate of drug-likeness (QED) is 0.435. The van der Waals surface area contributed by atoms with Gasteiger partial charge in [-0.25, -0.2) is 4.98 Å². The molecule has 0 amide bonds. The van der Waals surface area contributed by atoms with Crippen LogP contribution in [0.3, 0.4) is 0 Å². The highest BCUT2D eigenvalue weighted by Gasteiger charge is 2.20. The molecule has 174 valence electrons. The van der Waals surface area contributed by atoms with Crippen molar-refractivity contribution in [2.75, 3.05) is 19.4 Å². The lowest BCUT2D eigenvalue weighted by Crippen LogP contribution is -2.26. The van der Waals surface area contributed by atoms with E-state index in [1.807, 2.05) is 27.1 Å².